The Balaban J connectivity index is 2.09. The van der Waals surface area contributed by atoms with Gasteiger partial charge in [-0.2, -0.15) is 5.10 Å². The first-order valence-corrected chi connectivity index (χ1v) is 7.44. The van der Waals surface area contributed by atoms with Gasteiger partial charge in [0.25, 0.3) is 0 Å². The Labute approximate surface area is 119 Å². The maximum absolute atomic E-state index is 6.20. The SMILES string of the molecule is CCn1nc(C)c2nc(N)n(C3CCN(C)C(C)C3)c21. The van der Waals surface area contributed by atoms with Crippen molar-refractivity contribution in [2.24, 2.45) is 0 Å². The minimum atomic E-state index is 0.424. The molecule has 1 saturated heterocycles. The Morgan fingerprint density at radius 1 is 1.40 bits per heavy atom. The zero-order valence-electron chi connectivity index (χ0n) is 12.8. The number of nitrogens with two attached hydrogens (primary N) is 1. The number of rotatable bonds is 2. The molecule has 0 amide bonds. The minimum Gasteiger partial charge on any atom is -0.369 e. The van der Waals surface area contributed by atoms with E-state index in [4.69, 9.17) is 5.73 Å². The molecular formula is C14H24N6. The lowest BCUT2D eigenvalue weighted by atomic mass is 9.99. The number of nitrogen functional groups attached to an aromatic ring is 1. The molecule has 110 valence electrons. The fourth-order valence-electron chi connectivity index (χ4n) is 3.29. The summed E-state index contributed by atoms with van der Waals surface area (Å²) in [5, 5.41) is 4.57. The molecule has 2 aromatic heterocycles. The summed E-state index contributed by atoms with van der Waals surface area (Å²) in [6.07, 6.45) is 2.23. The molecule has 0 radical (unpaired) electrons. The monoisotopic (exact) mass is 276 g/mol. The standard InChI is InChI=1S/C14H24N6/c1-5-19-13-12(10(3)17-19)16-14(15)20(13)11-6-7-18(4)9(2)8-11/h9,11H,5-8H2,1-4H3,(H2,15,16). The first-order chi connectivity index (χ1) is 9.52. The van der Waals surface area contributed by atoms with Gasteiger partial charge in [0, 0.05) is 25.2 Å². The van der Waals surface area contributed by atoms with E-state index in [0.29, 0.717) is 18.0 Å². The van der Waals surface area contributed by atoms with E-state index in [-0.39, 0.29) is 0 Å². The van der Waals surface area contributed by atoms with Crippen LogP contribution in [0.1, 0.15) is 38.4 Å². The van der Waals surface area contributed by atoms with Gasteiger partial charge in [-0.3, -0.25) is 4.57 Å². The molecule has 2 N–H and O–H groups in total. The highest BCUT2D eigenvalue weighted by atomic mass is 15.4. The Hall–Kier alpha value is -1.56. The molecule has 20 heavy (non-hydrogen) atoms. The Kier molecular flexibility index (Phi) is 3.20. The first-order valence-electron chi connectivity index (χ1n) is 7.44. The number of hydrogen-bond donors (Lipinski definition) is 1. The van der Waals surface area contributed by atoms with Gasteiger partial charge in [-0.1, -0.05) is 0 Å². The van der Waals surface area contributed by atoms with Crippen molar-refractivity contribution in [3.05, 3.63) is 5.69 Å². The lowest BCUT2D eigenvalue weighted by Gasteiger charge is -2.36. The van der Waals surface area contributed by atoms with Crippen molar-refractivity contribution >= 4 is 17.1 Å². The normalized spacial score (nSPS) is 24.6. The summed E-state index contributed by atoms with van der Waals surface area (Å²) in [4.78, 5) is 6.95. The average Bonchev–Trinajstić information content (AvgIpc) is 2.90. The summed E-state index contributed by atoms with van der Waals surface area (Å²) in [6.45, 7) is 8.33. The molecule has 0 bridgehead atoms. The predicted molar refractivity (Wildman–Crippen MR) is 80.7 cm³/mol. The van der Waals surface area contributed by atoms with Crippen LogP contribution in [0.3, 0.4) is 0 Å². The third kappa shape index (κ3) is 1.90. The fraction of sp³-hybridized carbons (Fsp3) is 0.714. The van der Waals surface area contributed by atoms with E-state index in [1.165, 1.54) is 0 Å². The summed E-state index contributed by atoms with van der Waals surface area (Å²) in [7, 11) is 2.19. The summed E-state index contributed by atoms with van der Waals surface area (Å²) >= 11 is 0. The lowest BCUT2D eigenvalue weighted by molar-refractivity contribution is 0.159. The molecule has 2 atom stereocenters. The largest absolute Gasteiger partial charge is 0.369 e. The van der Waals surface area contributed by atoms with Crippen LogP contribution < -0.4 is 5.73 Å². The summed E-state index contributed by atoms with van der Waals surface area (Å²) < 4.78 is 4.24. The summed E-state index contributed by atoms with van der Waals surface area (Å²) in [5.74, 6) is 0.629. The Bertz CT molecular complexity index is 625. The Morgan fingerprint density at radius 3 is 2.80 bits per heavy atom. The quantitative estimate of drug-likeness (QED) is 0.908. The molecule has 0 spiro atoms. The third-order valence-electron chi connectivity index (χ3n) is 4.62. The van der Waals surface area contributed by atoms with Crippen LogP contribution in [0, 0.1) is 6.92 Å². The van der Waals surface area contributed by atoms with Gasteiger partial charge in [-0.15, -0.1) is 0 Å². The van der Waals surface area contributed by atoms with E-state index >= 15 is 0 Å². The molecule has 3 rings (SSSR count). The Morgan fingerprint density at radius 2 is 2.15 bits per heavy atom. The number of hydrogen-bond acceptors (Lipinski definition) is 4. The average molecular weight is 276 g/mol. The van der Waals surface area contributed by atoms with Gasteiger partial charge < -0.3 is 10.6 Å². The number of aromatic nitrogens is 4. The molecule has 1 aliphatic rings. The van der Waals surface area contributed by atoms with E-state index < -0.39 is 0 Å². The molecule has 0 aliphatic carbocycles. The number of nitrogens with zero attached hydrogens (tertiary/aromatic N) is 5. The highest BCUT2D eigenvalue weighted by Gasteiger charge is 2.28. The maximum Gasteiger partial charge on any atom is 0.202 e. The molecule has 6 heteroatoms. The van der Waals surface area contributed by atoms with E-state index in [1.54, 1.807) is 0 Å². The van der Waals surface area contributed by atoms with Crippen molar-refractivity contribution in [1.82, 2.24) is 24.2 Å². The molecule has 0 saturated carbocycles. The predicted octanol–water partition coefficient (Wildman–Crippen LogP) is 1.80. The zero-order chi connectivity index (χ0) is 14.4. The van der Waals surface area contributed by atoms with E-state index in [2.05, 4.69) is 40.4 Å². The smallest absolute Gasteiger partial charge is 0.202 e. The zero-order valence-corrected chi connectivity index (χ0v) is 12.8. The van der Waals surface area contributed by atoms with Gasteiger partial charge in [-0.25, -0.2) is 9.67 Å². The highest BCUT2D eigenvalue weighted by molar-refractivity contribution is 5.77. The second kappa shape index (κ2) is 4.77. The molecule has 1 fully saturated rings. The summed E-state index contributed by atoms with van der Waals surface area (Å²) in [5.41, 5.74) is 9.21. The number of imidazole rings is 1. The maximum atomic E-state index is 6.20. The molecule has 1 aliphatic heterocycles. The van der Waals surface area contributed by atoms with Crippen molar-refractivity contribution in [1.29, 1.82) is 0 Å². The van der Waals surface area contributed by atoms with Crippen LogP contribution in [0.2, 0.25) is 0 Å². The number of fused-ring (bicyclic) bond motifs is 1. The number of likely N-dealkylation sites (tertiary alicyclic amines) is 1. The second-order valence-electron chi connectivity index (χ2n) is 5.92. The minimum absolute atomic E-state index is 0.424. The van der Waals surface area contributed by atoms with Crippen LogP contribution >= 0.6 is 0 Å². The van der Waals surface area contributed by atoms with Crippen molar-refractivity contribution in [3.8, 4) is 0 Å². The molecule has 2 unspecified atom stereocenters. The fourth-order valence-corrected chi connectivity index (χ4v) is 3.29. The first kappa shape index (κ1) is 13.4. The molecule has 2 aromatic rings. The van der Waals surface area contributed by atoms with Gasteiger partial charge in [0.2, 0.25) is 5.95 Å². The van der Waals surface area contributed by atoms with Crippen LogP contribution in [-0.4, -0.2) is 43.9 Å². The second-order valence-corrected chi connectivity index (χ2v) is 5.92. The van der Waals surface area contributed by atoms with Crippen molar-refractivity contribution in [2.75, 3.05) is 19.3 Å². The highest BCUT2D eigenvalue weighted by Crippen LogP contribution is 2.32. The van der Waals surface area contributed by atoms with Gasteiger partial charge >= 0.3 is 0 Å². The van der Waals surface area contributed by atoms with Crippen molar-refractivity contribution in [3.63, 3.8) is 0 Å². The van der Waals surface area contributed by atoms with Crippen LogP contribution in [0.15, 0.2) is 0 Å². The van der Waals surface area contributed by atoms with Gasteiger partial charge in [0.05, 0.1) is 5.69 Å². The van der Waals surface area contributed by atoms with E-state index in [0.717, 1.165) is 42.8 Å². The van der Waals surface area contributed by atoms with Crippen LogP contribution in [0.25, 0.3) is 11.2 Å². The number of anilines is 1. The molecule has 0 aromatic carbocycles. The van der Waals surface area contributed by atoms with Gasteiger partial charge in [0.1, 0.15) is 5.52 Å². The number of aryl methyl sites for hydroxylation is 2. The molecule has 3 heterocycles. The van der Waals surface area contributed by atoms with Crippen molar-refractivity contribution in [2.45, 2.75) is 52.2 Å². The molecular weight excluding hydrogens is 252 g/mol. The molecule has 6 nitrogen and oxygen atoms in total. The summed E-state index contributed by atoms with van der Waals surface area (Å²) in [6, 6.07) is 0.997. The van der Waals surface area contributed by atoms with Crippen LogP contribution in [0.4, 0.5) is 5.95 Å². The van der Waals surface area contributed by atoms with Gasteiger partial charge in [0.15, 0.2) is 5.65 Å². The lowest BCUT2D eigenvalue weighted by Crippen LogP contribution is -2.38. The van der Waals surface area contributed by atoms with Crippen LogP contribution in [-0.2, 0) is 6.54 Å². The number of piperidine rings is 1. The van der Waals surface area contributed by atoms with Gasteiger partial charge in [-0.05, 0) is 40.7 Å². The third-order valence-corrected chi connectivity index (χ3v) is 4.62. The van der Waals surface area contributed by atoms with Crippen molar-refractivity contribution < 1.29 is 0 Å². The topological polar surface area (TPSA) is 64.9 Å². The van der Waals surface area contributed by atoms with Crippen LogP contribution in [0.5, 0.6) is 0 Å². The van der Waals surface area contributed by atoms with E-state index in [9.17, 15) is 0 Å². The van der Waals surface area contributed by atoms with E-state index in [1.807, 2.05) is 11.6 Å².